The van der Waals surface area contributed by atoms with Gasteiger partial charge in [-0.2, -0.15) is 0 Å². The monoisotopic (exact) mass is 262 g/mol. The number of carbonyl (C=O) groups excluding carboxylic acids is 1. The predicted octanol–water partition coefficient (Wildman–Crippen LogP) is 2.38. The second-order valence-corrected chi connectivity index (χ2v) is 4.16. The Morgan fingerprint density at radius 2 is 2.06 bits per heavy atom. The van der Waals surface area contributed by atoms with Gasteiger partial charge in [0.1, 0.15) is 0 Å². The summed E-state index contributed by atoms with van der Waals surface area (Å²) in [7, 11) is 0. The molecule has 0 atom stereocenters. The molecular weight excluding hydrogens is 251 g/mol. The number of hydrazine groups is 1. The SMILES string of the molecule is CC(C)Oc1c(Cl)ccc(C(=O)NN)c1Cl. The quantitative estimate of drug-likeness (QED) is 0.500. The van der Waals surface area contributed by atoms with Crippen LogP contribution in [0, 0.1) is 0 Å². The molecule has 0 aliphatic carbocycles. The van der Waals surface area contributed by atoms with Crippen molar-refractivity contribution in [3.05, 3.63) is 27.7 Å². The van der Waals surface area contributed by atoms with Crippen molar-refractivity contribution in [2.45, 2.75) is 20.0 Å². The molecule has 0 heterocycles. The Hall–Kier alpha value is -0.970. The van der Waals surface area contributed by atoms with Gasteiger partial charge >= 0.3 is 0 Å². The van der Waals surface area contributed by atoms with Gasteiger partial charge in [-0.05, 0) is 26.0 Å². The standard InChI is InChI=1S/C10H12Cl2N2O2/c1-5(2)16-9-7(11)4-3-6(8(9)12)10(15)14-13/h3-5H,13H2,1-2H3,(H,14,15). The van der Waals surface area contributed by atoms with Crippen LogP contribution >= 0.6 is 23.2 Å². The van der Waals surface area contributed by atoms with E-state index in [9.17, 15) is 4.79 Å². The Bertz CT molecular complexity index is 408. The highest BCUT2D eigenvalue weighted by Crippen LogP contribution is 2.36. The van der Waals surface area contributed by atoms with Crippen molar-refractivity contribution >= 4 is 29.1 Å². The summed E-state index contributed by atoms with van der Waals surface area (Å²) in [5.41, 5.74) is 2.23. The second kappa shape index (κ2) is 5.39. The zero-order chi connectivity index (χ0) is 12.3. The summed E-state index contributed by atoms with van der Waals surface area (Å²) in [6.45, 7) is 3.67. The fourth-order valence-corrected chi connectivity index (χ4v) is 1.67. The van der Waals surface area contributed by atoms with E-state index in [-0.39, 0.29) is 16.7 Å². The molecule has 88 valence electrons. The third kappa shape index (κ3) is 2.78. The Morgan fingerprint density at radius 3 is 2.56 bits per heavy atom. The first-order chi connectivity index (χ1) is 7.47. The number of benzene rings is 1. The smallest absolute Gasteiger partial charge is 0.266 e. The molecule has 1 aromatic carbocycles. The molecule has 4 nitrogen and oxygen atoms in total. The van der Waals surface area contributed by atoms with Gasteiger partial charge in [-0.15, -0.1) is 0 Å². The second-order valence-electron chi connectivity index (χ2n) is 3.38. The molecule has 0 aliphatic rings. The first kappa shape index (κ1) is 13.1. The van der Waals surface area contributed by atoms with Crippen molar-refractivity contribution < 1.29 is 9.53 Å². The maximum Gasteiger partial charge on any atom is 0.266 e. The predicted molar refractivity (Wildman–Crippen MR) is 63.9 cm³/mol. The molecular formula is C10H12Cl2N2O2. The highest BCUT2D eigenvalue weighted by molar-refractivity contribution is 6.39. The Balaban J connectivity index is 3.21. The van der Waals surface area contributed by atoms with Crippen LogP contribution in [0.1, 0.15) is 24.2 Å². The fraction of sp³-hybridized carbons (Fsp3) is 0.300. The van der Waals surface area contributed by atoms with Crippen LogP contribution in [0.3, 0.4) is 0 Å². The number of halogens is 2. The van der Waals surface area contributed by atoms with Gasteiger partial charge in [0.2, 0.25) is 0 Å². The molecule has 0 aliphatic heterocycles. The van der Waals surface area contributed by atoms with Crippen molar-refractivity contribution in [1.29, 1.82) is 0 Å². The number of amides is 1. The van der Waals surface area contributed by atoms with Gasteiger partial charge in [0, 0.05) is 0 Å². The van der Waals surface area contributed by atoms with E-state index in [2.05, 4.69) is 0 Å². The fourth-order valence-electron chi connectivity index (χ4n) is 1.13. The molecule has 0 saturated heterocycles. The van der Waals surface area contributed by atoms with E-state index < -0.39 is 5.91 Å². The zero-order valence-corrected chi connectivity index (χ0v) is 10.4. The maximum absolute atomic E-state index is 11.4. The van der Waals surface area contributed by atoms with Crippen molar-refractivity contribution in [2.75, 3.05) is 0 Å². The zero-order valence-electron chi connectivity index (χ0n) is 8.88. The minimum absolute atomic E-state index is 0.0915. The largest absolute Gasteiger partial charge is 0.488 e. The van der Waals surface area contributed by atoms with Crippen LogP contribution in [0.2, 0.25) is 10.0 Å². The van der Waals surface area contributed by atoms with Gasteiger partial charge in [-0.3, -0.25) is 10.2 Å². The van der Waals surface area contributed by atoms with E-state index in [1.807, 2.05) is 19.3 Å². The molecule has 0 bridgehead atoms. The third-order valence-electron chi connectivity index (χ3n) is 1.78. The molecule has 1 rings (SSSR count). The molecule has 0 spiro atoms. The van der Waals surface area contributed by atoms with Crippen molar-refractivity contribution in [1.82, 2.24) is 5.43 Å². The minimum Gasteiger partial charge on any atom is -0.488 e. The number of nitrogen functional groups attached to an aromatic ring is 1. The molecule has 0 unspecified atom stereocenters. The summed E-state index contributed by atoms with van der Waals surface area (Å²) < 4.78 is 5.43. The highest BCUT2D eigenvalue weighted by Gasteiger charge is 2.17. The summed E-state index contributed by atoms with van der Waals surface area (Å²) in [6.07, 6.45) is -0.0915. The van der Waals surface area contributed by atoms with E-state index >= 15 is 0 Å². The van der Waals surface area contributed by atoms with Gasteiger partial charge < -0.3 is 4.74 Å². The Kier molecular flexibility index (Phi) is 4.41. The van der Waals surface area contributed by atoms with Crippen molar-refractivity contribution in [3.8, 4) is 5.75 Å². The third-order valence-corrected chi connectivity index (χ3v) is 2.45. The van der Waals surface area contributed by atoms with Crippen molar-refractivity contribution in [2.24, 2.45) is 5.84 Å². The summed E-state index contributed by atoms with van der Waals surface area (Å²) in [4.78, 5) is 11.4. The lowest BCUT2D eigenvalue weighted by atomic mass is 10.2. The van der Waals surface area contributed by atoms with Crippen LogP contribution in [0.15, 0.2) is 12.1 Å². The van der Waals surface area contributed by atoms with E-state index in [4.69, 9.17) is 33.8 Å². The van der Waals surface area contributed by atoms with Gasteiger partial charge in [0.25, 0.3) is 5.91 Å². The van der Waals surface area contributed by atoms with Crippen LogP contribution in [-0.2, 0) is 0 Å². The molecule has 6 heteroatoms. The van der Waals surface area contributed by atoms with Gasteiger partial charge in [-0.1, -0.05) is 23.2 Å². The molecule has 0 aromatic heterocycles. The lowest BCUT2D eigenvalue weighted by Gasteiger charge is -2.14. The average Bonchev–Trinajstić information content (AvgIpc) is 2.23. The molecule has 0 saturated carbocycles. The maximum atomic E-state index is 11.4. The lowest BCUT2D eigenvalue weighted by molar-refractivity contribution is 0.0953. The lowest BCUT2D eigenvalue weighted by Crippen LogP contribution is -2.30. The molecule has 0 radical (unpaired) electrons. The summed E-state index contributed by atoms with van der Waals surface area (Å²) >= 11 is 11.9. The van der Waals surface area contributed by atoms with E-state index in [1.54, 1.807) is 0 Å². The normalized spacial score (nSPS) is 10.4. The summed E-state index contributed by atoms with van der Waals surface area (Å²) in [5, 5.41) is 0.511. The number of rotatable bonds is 3. The Labute approximate surface area is 104 Å². The molecule has 16 heavy (non-hydrogen) atoms. The van der Waals surface area contributed by atoms with Crippen molar-refractivity contribution in [3.63, 3.8) is 0 Å². The van der Waals surface area contributed by atoms with Crippen LogP contribution in [-0.4, -0.2) is 12.0 Å². The molecule has 0 fully saturated rings. The van der Waals surface area contributed by atoms with E-state index in [0.717, 1.165) is 0 Å². The molecule has 1 amide bonds. The number of carbonyl (C=O) groups is 1. The average molecular weight is 263 g/mol. The molecule has 1 aromatic rings. The first-order valence-corrected chi connectivity index (χ1v) is 5.38. The highest BCUT2D eigenvalue weighted by atomic mass is 35.5. The number of hydrogen-bond donors (Lipinski definition) is 2. The summed E-state index contributed by atoms with van der Waals surface area (Å²) in [6, 6.07) is 3.02. The van der Waals surface area contributed by atoms with Gasteiger partial charge in [-0.25, -0.2) is 5.84 Å². The topological polar surface area (TPSA) is 64.3 Å². The van der Waals surface area contributed by atoms with E-state index in [1.165, 1.54) is 12.1 Å². The van der Waals surface area contributed by atoms with Crippen LogP contribution in [0.5, 0.6) is 5.75 Å². The van der Waals surface area contributed by atoms with Gasteiger partial charge in [0.05, 0.1) is 21.7 Å². The molecule has 3 N–H and O–H groups in total. The van der Waals surface area contributed by atoms with Crippen LogP contribution < -0.4 is 16.0 Å². The van der Waals surface area contributed by atoms with Gasteiger partial charge in [0.15, 0.2) is 5.75 Å². The van der Waals surface area contributed by atoms with Crippen LogP contribution in [0.25, 0.3) is 0 Å². The minimum atomic E-state index is -0.490. The van der Waals surface area contributed by atoms with Crippen LogP contribution in [0.4, 0.5) is 0 Å². The number of hydrogen-bond acceptors (Lipinski definition) is 3. The Morgan fingerprint density at radius 1 is 1.44 bits per heavy atom. The number of nitrogens with two attached hydrogens (primary N) is 1. The van der Waals surface area contributed by atoms with E-state index in [0.29, 0.717) is 10.8 Å². The number of nitrogens with one attached hydrogen (secondary N) is 1. The summed E-state index contributed by atoms with van der Waals surface area (Å²) in [5.74, 6) is 4.83. The first-order valence-electron chi connectivity index (χ1n) is 4.63. The number of ether oxygens (including phenoxy) is 1.